The highest BCUT2D eigenvalue weighted by molar-refractivity contribution is 9.09. The van der Waals surface area contributed by atoms with Crippen molar-refractivity contribution in [3.63, 3.8) is 0 Å². The van der Waals surface area contributed by atoms with Crippen molar-refractivity contribution >= 4 is 64.6 Å². The molecular formula is C68H106BBrN34O15. The van der Waals surface area contributed by atoms with Crippen LogP contribution in [0.1, 0.15) is 173 Å². The number of esters is 4. The van der Waals surface area contributed by atoms with Gasteiger partial charge in [-0.25, -0.2) is 23.5 Å². The van der Waals surface area contributed by atoms with Crippen LogP contribution in [0.2, 0.25) is 5.82 Å². The largest absolute Gasteiger partial charge is 0.535 e. The second kappa shape index (κ2) is 60.1. The Labute approximate surface area is 696 Å². The van der Waals surface area contributed by atoms with Crippen molar-refractivity contribution in [3.05, 3.63) is 99.9 Å². The highest BCUT2D eigenvalue weighted by Gasteiger charge is 2.38. The normalized spacial score (nSPS) is 10.8. The number of nitrogens with two attached hydrogens (primary N) is 1. The van der Waals surface area contributed by atoms with Gasteiger partial charge in [0.05, 0.1) is 88.5 Å². The van der Waals surface area contributed by atoms with Gasteiger partial charge in [0.25, 0.3) is 0 Å². The predicted molar refractivity (Wildman–Crippen MR) is 426 cm³/mol. The van der Waals surface area contributed by atoms with E-state index in [1.807, 2.05) is 13.1 Å². The first-order chi connectivity index (χ1) is 54.6. The summed E-state index contributed by atoms with van der Waals surface area (Å²) in [6.45, 7) is 16.5. The number of terminal acetylenes is 3. The van der Waals surface area contributed by atoms with Crippen LogP contribution >= 0.6 is 15.9 Å². The molecule has 0 fully saturated rings. The van der Waals surface area contributed by atoms with Crippen LogP contribution in [0.15, 0.2) is 36.8 Å². The quantitative estimate of drug-likeness (QED) is 0.0126. The molecule has 10 heterocycles. The number of aryl methyl sites for hydroxylation is 2. The van der Waals surface area contributed by atoms with Gasteiger partial charge in [0.1, 0.15) is 73.8 Å². The number of para-hydroxylation sites is 1. The fourth-order valence-electron chi connectivity index (χ4n) is 9.21. The second-order valence-corrected chi connectivity index (χ2v) is 23.1. The lowest BCUT2D eigenvalue weighted by atomic mass is 9.64. The number of carboxylic acids is 2. The molecule has 11 rings (SSSR count). The number of aromatic amines is 1. The van der Waals surface area contributed by atoms with Crippen LogP contribution in [0.3, 0.4) is 0 Å². The molecule has 6 N–H and O–H groups in total. The Morgan fingerprint density at radius 1 is 0.546 bits per heavy atom. The number of aromatic carboxylic acids is 1. The van der Waals surface area contributed by atoms with E-state index in [9.17, 15) is 43.7 Å². The SMILES string of the molecule is C.C.C.C.C.C.C#CCBr.C#CCn1nnc(CC(=O)OCC)n1.C#CCn1nnnc1CC(=O)OCC.CCCn1cc(Cn2nnnc2CC(=O)O)nn1.CCCn1cc(Cn2nnnc2CC(=O)OCC)nn1.CCOC(=O)Cc1nn[nH]n1.NCCn1cc(Cn2nnnc2CC(=O)C[C@H]2Cc3cccc(C(=O)O)c3OB2O)nn1. The van der Waals surface area contributed by atoms with Crippen LogP contribution in [0.25, 0.3) is 0 Å². The summed E-state index contributed by atoms with van der Waals surface area (Å²) >= 11 is 3.01. The summed E-state index contributed by atoms with van der Waals surface area (Å²) in [5, 5.41) is 121. The van der Waals surface area contributed by atoms with Gasteiger partial charge in [0.2, 0.25) is 0 Å². The summed E-state index contributed by atoms with van der Waals surface area (Å²) in [7, 11) is -1.29. The van der Waals surface area contributed by atoms with E-state index in [1.165, 1.54) is 29.6 Å². The van der Waals surface area contributed by atoms with Crippen LogP contribution < -0.4 is 10.4 Å². The van der Waals surface area contributed by atoms with Gasteiger partial charge in [-0.15, -0.1) is 75.4 Å². The topological polar surface area (TPSA) is 617 Å². The average Bonchev–Trinajstić information content (AvgIpc) is 1.35. The molecule has 1 aliphatic rings. The zero-order valence-corrected chi connectivity index (χ0v) is 63.9. The lowest BCUT2D eigenvalue weighted by Crippen LogP contribution is -2.36. The standard InChI is InChI=1S/C18H21BN8O5.C11H17N7O2.C9H13N7O2.2C8H10N4O2.C5H8N4O2.C3H3Br.6CH4/c20-4-5-26-9-13(21-24-26)10-27-16(22-23-25-27)8-14(28)7-12-6-11-2-1-3-15(18(29)30)17(11)32-19(12)31;1-3-5-17-7-9(12-15-17)8-18-10(13-14-16-18)6-11(19)20-4-2;1-2-3-15-5-7(10-13-15)6-16-8(4-9(17)18)11-12-14-16;1-3-5-12-7(9-10-11-12)6-8(13)14-4-2;1-3-5-12-10-7(9-11-12)6-8(13)14-4-2;1-2-11-5(10)3-4-6-8-9-7-4;1-2-3-4;;;;;;/h1-3,9,12,31H,4-8,10,20H2,(H,29,30);7H,3-6,8H2,1-2H3;5H,2-4,6H2,1H3,(H,17,18);2*1H,4-6H2,2H3;2-3H2,1H3,(H,6,7,8,9);1H,3H2;6*1H4/t12-;;;;;;;;;;;;/m1............/s1. The van der Waals surface area contributed by atoms with E-state index < -0.39 is 24.9 Å². The summed E-state index contributed by atoms with van der Waals surface area (Å²) < 4.78 is 35.4. The fraction of sp³-hybridized carbons (Fsp3) is 0.544. The van der Waals surface area contributed by atoms with Gasteiger partial charge < -0.3 is 44.6 Å². The number of carbonyl (C=O) groups excluding carboxylic acids is 5. The third-order valence-electron chi connectivity index (χ3n) is 13.9. The summed E-state index contributed by atoms with van der Waals surface area (Å²) in [6.07, 6.45) is 22.5. The average molecular weight is 1730 g/mol. The Bertz CT molecular complexity index is 4690. The van der Waals surface area contributed by atoms with E-state index in [2.05, 4.69) is 174 Å². The lowest BCUT2D eigenvalue weighted by molar-refractivity contribution is -0.143. The molecule has 0 saturated heterocycles. The third kappa shape index (κ3) is 39.1. The molecule has 0 bridgehead atoms. The van der Waals surface area contributed by atoms with Crippen LogP contribution in [0.4, 0.5) is 0 Å². The number of halogens is 1. The number of ketones is 1. The predicted octanol–water partition coefficient (Wildman–Crippen LogP) is 1.10. The molecule has 1 aromatic carbocycles. The van der Waals surface area contributed by atoms with E-state index in [-0.39, 0.29) is 150 Å². The number of H-pyrrole nitrogens is 1. The molecule has 0 unspecified atom stereocenters. The van der Waals surface area contributed by atoms with Crippen molar-refractivity contribution in [2.75, 3.05) is 38.3 Å². The maximum atomic E-state index is 12.7. The van der Waals surface area contributed by atoms with Crippen molar-refractivity contribution in [2.45, 2.75) is 208 Å². The van der Waals surface area contributed by atoms with Crippen LogP contribution in [-0.2, 0) is 145 Å². The summed E-state index contributed by atoms with van der Waals surface area (Å²) in [6, 6.07) is 4.75. The van der Waals surface area contributed by atoms with Gasteiger partial charge in [0.15, 0.2) is 34.9 Å². The molecule has 119 heavy (non-hydrogen) atoms. The first-order valence-corrected chi connectivity index (χ1v) is 35.5. The van der Waals surface area contributed by atoms with Crippen molar-refractivity contribution < 1.29 is 72.4 Å². The maximum absolute atomic E-state index is 12.7. The molecule has 1 atom stereocenters. The van der Waals surface area contributed by atoms with E-state index in [0.717, 1.165) is 31.6 Å². The van der Waals surface area contributed by atoms with Gasteiger partial charge in [-0.3, -0.25) is 42.8 Å². The number of nitrogens with zero attached hydrogens (tertiary/aromatic N) is 32. The second-order valence-electron chi connectivity index (χ2n) is 22.5. The molecule has 0 saturated carbocycles. The van der Waals surface area contributed by atoms with E-state index in [4.69, 9.17) is 49.0 Å². The summed E-state index contributed by atoms with van der Waals surface area (Å²) in [5.41, 5.74) is 8.19. The minimum absolute atomic E-state index is 0. The maximum Gasteiger partial charge on any atom is 0.526 e. The number of carbonyl (C=O) groups is 7. The van der Waals surface area contributed by atoms with Crippen molar-refractivity contribution in [3.8, 4) is 42.8 Å². The number of benzene rings is 1. The van der Waals surface area contributed by atoms with Crippen molar-refractivity contribution in [2.24, 2.45) is 5.73 Å². The fourth-order valence-corrected chi connectivity index (χ4v) is 9.21. The van der Waals surface area contributed by atoms with Crippen molar-refractivity contribution in [1.82, 2.24) is 167 Å². The minimum Gasteiger partial charge on any atom is -0.535 e. The monoisotopic (exact) mass is 1730 g/mol. The lowest BCUT2D eigenvalue weighted by Gasteiger charge is -2.27. The first kappa shape index (κ1) is 108. The number of hydrogen-bond acceptors (Lipinski definition) is 38. The Morgan fingerprint density at radius 2 is 0.975 bits per heavy atom. The number of aromatic nitrogens is 33. The molecule has 1 aliphatic heterocycles. The molecule has 9 aromatic heterocycles. The van der Waals surface area contributed by atoms with Crippen LogP contribution in [0, 0.1) is 37.0 Å². The third-order valence-corrected chi connectivity index (χ3v) is 14.2. The van der Waals surface area contributed by atoms with Gasteiger partial charge in [-0.1, -0.05) is 125 Å². The number of nitrogens with one attached hydrogen (secondary N) is 1. The van der Waals surface area contributed by atoms with E-state index >= 15 is 0 Å². The Hall–Kier alpha value is -13.5. The zero-order valence-electron chi connectivity index (χ0n) is 62.3. The van der Waals surface area contributed by atoms with Crippen LogP contribution in [0.5, 0.6) is 5.75 Å². The van der Waals surface area contributed by atoms with Crippen molar-refractivity contribution in [1.29, 1.82) is 0 Å². The van der Waals surface area contributed by atoms with E-state index in [1.54, 1.807) is 66.3 Å². The molecular weight excluding hydrogens is 1620 g/mol. The van der Waals surface area contributed by atoms with Gasteiger partial charge in [0, 0.05) is 31.9 Å². The Morgan fingerprint density at radius 3 is 1.39 bits per heavy atom. The Kier molecular flexibility index (Phi) is 54.3. The molecule has 648 valence electrons. The smallest absolute Gasteiger partial charge is 0.526 e. The Balaban J connectivity index is 0. The molecule has 0 amide bonds. The molecule has 0 aliphatic carbocycles. The molecule has 0 spiro atoms. The summed E-state index contributed by atoms with van der Waals surface area (Å²) in [5.74, 6) is 5.21. The number of carboxylic acid groups (broad SMARTS) is 2. The molecule has 49 nitrogen and oxygen atoms in total. The number of ether oxygens (including phenoxy) is 4. The first-order valence-electron chi connectivity index (χ1n) is 34.4. The number of aliphatic carboxylic acids is 1. The molecule has 51 heteroatoms. The highest BCUT2D eigenvalue weighted by atomic mass is 79.9. The number of alkyl halides is 1. The number of Topliss-reactive ketones (excluding diaryl/α,β-unsaturated/α-hetero) is 1. The molecule has 10 aromatic rings. The van der Waals surface area contributed by atoms with Gasteiger partial charge in [-0.05, 0) is 106 Å². The number of hydrogen-bond donors (Lipinski definition) is 5. The zero-order chi connectivity index (χ0) is 82.3. The van der Waals surface area contributed by atoms with E-state index in [0.29, 0.717) is 116 Å². The minimum atomic E-state index is -1.29. The van der Waals surface area contributed by atoms with Crippen LogP contribution in [-0.4, -0.2) is 269 Å². The molecule has 0 radical (unpaired) electrons. The summed E-state index contributed by atoms with van der Waals surface area (Å²) in [4.78, 5) is 80.2. The number of tetrazole rings is 6. The van der Waals surface area contributed by atoms with Gasteiger partial charge in [-0.2, -0.15) is 10.0 Å². The highest BCUT2D eigenvalue weighted by Crippen LogP contribution is 2.36. The number of rotatable bonds is 33. The number of fused-ring (bicyclic) bond motifs is 1. The van der Waals surface area contributed by atoms with Gasteiger partial charge >= 0.3 is 42.9 Å².